The van der Waals surface area contributed by atoms with E-state index >= 15 is 0 Å². The minimum absolute atomic E-state index is 0.0613. The SMILES string of the molecule is CN=C(NCC1(CO)CCOCC1)N1CCSC(C)(C)C1. The summed E-state index contributed by atoms with van der Waals surface area (Å²) in [6.07, 6.45) is 1.82. The van der Waals surface area contributed by atoms with E-state index < -0.39 is 0 Å². The van der Waals surface area contributed by atoms with Gasteiger partial charge in [-0.05, 0) is 26.7 Å². The monoisotopic (exact) mass is 315 g/mol. The third kappa shape index (κ3) is 4.50. The van der Waals surface area contributed by atoms with E-state index in [-0.39, 0.29) is 16.8 Å². The summed E-state index contributed by atoms with van der Waals surface area (Å²) in [6, 6.07) is 0. The van der Waals surface area contributed by atoms with Crippen LogP contribution < -0.4 is 5.32 Å². The average molecular weight is 315 g/mol. The molecule has 0 spiro atoms. The van der Waals surface area contributed by atoms with Crippen molar-refractivity contribution in [3.8, 4) is 0 Å². The molecule has 2 saturated heterocycles. The van der Waals surface area contributed by atoms with Crippen LogP contribution in [-0.4, -0.2) is 73.0 Å². The molecule has 0 aromatic carbocycles. The molecule has 2 aliphatic heterocycles. The molecule has 122 valence electrons. The topological polar surface area (TPSA) is 57.1 Å². The van der Waals surface area contributed by atoms with E-state index in [9.17, 15) is 5.11 Å². The molecule has 2 heterocycles. The van der Waals surface area contributed by atoms with Crippen molar-refractivity contribution in [2.75, 3.05) is 52.3 Å². The number of rotatable bonds is 3. The van der Waals surface area contributed by atoms with Gasteiger partial charge < -0.3 is 20.1 Å². The standard InChI is InChI=1S/C15H29N3O2S/c1-14(2)11-18(6-9-21-14)13(16-3)17-10-15(12-19)4-7-20-8-5-15/h19H,4-12H2,1-3H3,(H,16,17). The molecule has 2 aliphatic rings. The number of nitrogens with zero attached hydrogens (tertiary/aromatic N) is 2. The highest BCUT2D eigenvalue weighted by molar-refractivity contribution is 8.00. The van der Waals surface area contributed by atoms with Gasteiger partial charge in [0, 0.05) is 55.8 Å². The smallest absolute Gasteiger partial charge is 0.193 e. The van der Waals surface area contributed by atoms with Gasteiger partial charge in [0.15, 0.2) is 5.96 Å². The lowest BCUT2D eigenvalue weighted by Crippen LogP contribution is -2.53. The van der Waals surface area contributed by atoms with Gasteiger partial charge in [0.2, 0.25) is 0 Å². The quantitative estimate of drug-likeness (QED) is 0.605. The summed E-state index contributed by atoms with van der Waals surface area (Å²) in [6.45, 7) is 9.07. The van der Waals surface area contributed by atoms with E-state index in [1.807, 2.05) is 18.8 Å². The highest BCUT2D eigenvalue weighted by atomic mass is 32.2. The van der Waals surface area contributed by atoms with Crippen LogP contribution in [0.5, 0.6) is 0 Å². The third-order valence-electron chi connectivity index (χ3n) is 4.45. The molecule has 0 amide bonds. The number of hydrogen-bond acceptors (Lipinski definition) is 4. The number of aliphatic hydroxyl groups excluding tert-OH is 1. The van der Waals surface area contributed by atoms with Crippen LogP contribution in [0.1, 0.15) is 26.7 Å². The number of hydrogen-bond donors (Lipinski definition) is 2. The van der Waals surface area contributed by atoms with Gasteiger partial charge in [-0.1, -0.05) is 0 Å². The maximum absolute atomic E-state index is 9.77. The van der Waals surface area contributed by atoms with Gasteiger partial charge in [0.1, 0.15) is 0 Å². The Hall–Kier alpha value is -0.460. The Morgan fingerprint density at radius 3 is 2.67 bits per heavy atom. The van der Waals surface area contributed by atoms with Crippen LogP contribution in [0, 0.1) is 5.41 Å². The summed E-state index contributed by atoms with van der Waals surface area (Å²) in [5.41, 5.74) is -0.0613. The molecule has 5 nitrogen and oxygen atoms in total. The summed E-state index contributed by atoms with van der Waals surface area (Å²) in [5, 5.41) is 13.3. The average Bonchev–Trinajstić information content (AvgIpc) is 2.48. The van der Waals surface area contributed by atoms with E-state index in [0.29, 0.717) is 0 Å². The largest absolute Gasteiger partial charge is 0.396 e. The molecule has 0 aromatic rings. The zero-order valence-corrected chi connectivity index (χ0v) is 14.3. The number of ether oxygens (including phenoxy) is 1. The molecule has 0 unspecified atom stereocenters. The molecule has 0 saturated carbocycles. The van der Waals surface area contributed by atoms with Crippen LogP contribution >= 0.6 is 11.8 Å². The normalized spacial score (nSPS) is 25.7. The third-order valence-corrected chi connectivity index (χ3v) is 5.74. The molecule has 6 heteroatoms. The maximum atomic E-state index is 9.77. The predicted molar refractivity (Wildman–Crippen MR) is 89.0 cm³/mol. The zero-order chi connectivity index (χ0) is 15.3. The fourth-order valence-corrected chi connectivity index (χ4v) is 4.10. The Labute approximate surface area is 132 Å². The first-order valence-corrected chi connectivity index (χ1v) is 8.77. The van der Waals surface area contributed by atoms with Gasteiger partial charge in [0.25, 0.3) is 0 Å². The molecule has 2 N–H and O–H groups in total. The van der Waals surface area contributed by atoms with E-state index in [1.54, 1.807) is 0 Å². The molecular weight excluding hydrogens is 286 g/mol. The van der Waals surface area contributed by atoms with Crippen molar-refractivity contribution in [1.82, 2.24) is 10.2 Å². The van der Waals surface area contributed by atoms with Crippen molar-refractivity contribution >= 4 is 17.7 Å². The first-order valence-electron chi connectivity index (χ1n) is 7.78. The molecular formula is C15H29N3O2S. The Balaban J connectivity index is 1.93. The van der Waals surface area contributed by atoms with Gasteiger partial charge >= 0.3 is 0 Å². The number of aliphatic imine (C=N–C) groups is 1. The van der Waals surface area contributed by atoms with E-state index in [2.05, 4.69) is 29.1 Å². The van der Waals surface area contributed by atoms with E-state index in [1.165, 1.54) is 0 Å². The fourth-order valence-electron chi connectivity index (χ4n) is 2.99. The van der Waals surface area contributed by atoms with E-state index in [0.717, 1.165) is 57.4 Å². The molecule has 0 aromatic heterocycles. The second-order valence-electron chi connectivity index (χ2n) is 6.70. The Morgan fingerprint density at radius 1 is 1.38 bits per heavy atom. The summed E-state index contributed by atoms with van der Waals surface area (Å²) < 4.78 is 5.69. The van der Waals surface area contributed by atoms with Crippen LogP contribution in [0.15, 0.2) is 4.99 Å². The van der Waals surface area contributed by atoms with Crippen molar-refractivity contribution in [2.24, 2.45) is 10.4 Å². The molecule has 0 aliphatic carbocycles. The van der Waals surface area contributed by atoms with Crippen molar-refractivity contribution in [1.29, 1.82) is 0 Å². The van der Waals surface area contributed by atoms with Crippen LogP contribution in [-0.2, 0) is 4.74 Å². The molecule has 0 radical (unpaired) electrons. The first kappa shape index (κ1) is 16.9. The number of thioether (sulfide) groups is 1. The van der Waals surface area contributed by atoms with E-state index in [4.69, 9.17) is 4.74 Å². The summed E-state index contributed by atoms with van der Waals surface area (Å²) in [4.78, 5) is 6.77. The van der Waals surface area contributed by atoms with Crippen LogP contribution in [0.3, 0.4) is 0 Å². The van der Waals surface area contributed by atoms with Crippen LogP contribution in [0.2, 0.25) is 0 Å². The van der Waals surface area contributed by atoms with Crippen molar-refractivity contribution < 1.29 is 9.84 Å². The lowest BCUT2D eigenvalue weighted by atomic mass is 9.81. The molecule has 0 bridgehead atoms. The number of nitrogens with one attached hydrogen (secondary N) is 1. The van der Waals surface area contributed by atoms with Gasteiger partial charge in [-0.25, -0.2) is 0 Å². The number of aliphatic hydroxyl groups is 1. The minimum atomic E-state index is -0.0613. The predicted octanol–water partition coefficient (Wildman–Crippen LogP) is 1.18. The lowest BCUT2D eigenvalue weighted by Gasteiger charge is -2.41. The van der Waals surface area contributed by atoms with Crippen molar-refractivity contribution in [3.63, 3.8) is 0 Å². The van der Waals surface area contributed by atoms with Gasteiger partial charge in [0.05, 0.1) is 6.61 Å². The summed E-state index contributed by atoms with van der Waals surface area (Å²) in [7, 11) is 1.84. The Bertz CT molecular complexity index is 368. The second kappa shape index (κ2) is 7.20. The highest BCUT2D eigenvalue weighted by Gasteiger charge is 2.34. The molecule has 2 fully saturated rings. The van der Waals surface area contributed by atoms with Crippen LogP contribution in [0.4, 0.5) is 0 Å². The minimum Gasteiger partial charge on any atom is -0.396 e. The zero-order valence-electron chi connectivity index (χ0n) is 13.5. The number of guanidine groups is 1. The lowest BCUT2D eigenvalue weighted by molar-refractivity contribution is -0.0134. The fraction of sp³-hybridized carbons (Fsp3) is 0.933. The van der Waals surface area contributed by atoms with Crippen molar-refractivity contribution in [3.05, 3.63) is 0 Å². The molecule has 0 atom stereocenters. The molecule has 2 rings (SSSR count). The van der Waals surface area contributed by atoms with Gasteiger partial charge in [-0.15, -0.1) is 0 Å². The Kier molecular flexibility index (Phi) is 5.80. The van der Waals surface area contributed by atoms with Gasteiger partial charge in [-0.3, -0.25) is 4.99 Å². The Morgan fingerprint density at radius 2 is 2.10 bits per heavy atom. The van der Waals surface area contributed by atoms with Crippen LogP contribution in [0.25, 0.3) is 0 Å². The maximum Gasteiger partial charge on any atom is 0.193 e. The van der Waals surface area contributed by atoms with Gasteiger partial charge in [-0.2, -0.15) is 11.8 Å². The highest BCUT2D eigenvalue weighted by Crippen LogP contribution is 2.31. The second-order valence-corrected chi connectivity index (χ2v) is 8.50. The first-order chi connectivity index (χ1) is 10.0. The summed E-state index contributed by atoms with van der Waals surface area (Å²) >= 11 is 2.02. The van der Waals surface area contributed by atoms with Crippen molar-refractivity contribution in [2.45, 2.75) is 31.4 Å². The summed E-state index contributed by atoms with van der Waals surface area (Å²) in [5.74, 6) is 2.09. The molecule has 21 heavy (non-hydrogen) atoms.